The van der Waals surface area contributed by atoms with Crippen LogP contribution in [0.15, 0.2) is 54.9 Å². The molecule has 0 spiro atoms. The van der Waals surface area contributed by atoms with Crippen molar-refractivity contribution in [1.82, 2.24) is 9.88 Å². The molecular weight excluding hydrogens is 491 g/mol. The first kappa shape index (κ1) is 23.1. The molecule has 35 heavy (non-hydrogen) atoms. The normalized spacial score (nSPS) is 19.5. The van der Waals surface area contributed by atoms with Gasteiger partial charge in [0, 0.05) is 34.0 Å². The van der Waals surface area contributed by atoms with E-state index in [1.165, 1.54) is 36.0 Å². The third-order valence-corrected chi connectivity index (χ3v) is 7.66. The molecule has 3 aromatic rings. The van der Waals surface area contributed by atoms with E-state index in [-0.39, 0.29) is 23.7 Å². The fourth-order valence-corrected chi connectivity index (χ4v) is 6.03. The van der Waals surface area contributed by atoms with Crippen molar-refractivity contribution in [2.24, 2.45) is 0 Å². The fraction of sp³-hybridized carbons (Fsp3) is 0.200. The Bertz CT molecular complexity index is 1430. The van der Waals surface area contributed by atoms with Crippen molar-refractivity contribution in [2.75, 3.05) is 18.6 Å². The second kappa shape index (κ2) is 9.21. The van der Waals surface area contributed by atoms with Crippen LogP contribution < -0.4 is 9.64 Å². The summed E-state index contributed by atoms with van der Waals surface area (Å²) in [5.74, 6) is -0.973. The van der Waals surface area contributed by atoms with Gasteiger partial charge in [0.05, 0.1) is 42.5 Å². The highest BCUT2D eigenvalue weighted by molar-refractivity contribution is 8.09. The molecule has 2 aliphatic rings. The molecule has 10 heteroatoms. The Labute approximate surface area is 209 Å². The Morgan fingerprint density at radius 1 is 1.26 bits per heavy atom. The molecule has 2 unspecified atom stereocenters. The second-order valence-corrected chi connectivity index (χ2v) is 9.55. The molecule has 0 N–H and O–H groups in total. The molecule has 0 aliphatic carbocycles. The minimum Gasteiger partial charge on any atom is -0.494 e. The number of hydrogen-bond acceptors (Lipinski definition) is 6. The van der Waals surface area contributed by atoms with Crippen molar-refractivity contribution in [3.05, 3.63) is 71.3 Å². The average molecular weight is 509 g/mol. The lowest BCUT2D eigenvalue weighted by Gasteiger charge is -2.41. The summed E-state index contributed by atoms with van der Waals surface area (Å²) in [6.45, 7) is 0.142. The van der Waals surface area contributed by atoms with Gasteiger partial charge in [0.2, 0.25) is 0 Å². The molecule has 5 rings (SSSR count). The number of carbonyl (C=O) groups is 2. The van der Waals surface area contributed by atoms with Crippen molar-refractivity contribution in [2.45, 2.75) is 17.7 Å². The van der Waals surface area contributed by atoms with Crippen LogP contribution in [0.1, 0.15) is 12.0 Å². The maximum atomic E-state index is 14.1. The van der Waals surface area contributed by atoms with Crippen molar-refractivity contribution < 1.29 is 18.7 Å². The number of imide groups is 1. The van der Waals surface area contributed by atoms with Gasteiger partial charge in [-0.3, -0.25) is 9.78 Å². The van der Waals surface area contributed by atoms with E-state index in [0.29, 0.717) is 21.5 Å². The van der Waals surface area contributed by atoms with Gasteiger partial charge in [-0.05, 0) is 18.2 Å². The van der Waals surface area contributed by atoms with Crippen LogP contribution in [0.2, 0.25) is 5.02 Å². The molecule has 176 valence electrons. The largest absolute Gasteiger partial charge is 0.494 e. The van der Waals surface area contributed by atoms with Crippen LogP contribution >= 0.6 is 23.4 Å². The quantitative estimate of drug-likeness (QED) is 0.468. The van der Waals surface area contributed by atoms with E-state index >= 15 is 0 Å². The van der Waals surface area contributed by atoms with Gasteiger partial charge in [0.1, 0.15) is 5.25 Å². The number of pyridine rings is 1. The Balaban J connectivity index is 1.59. The summed E-state index contributed by atoms with van der Waals surface area (Å²) in [5.41, 5.74) is 0.886. The highest BCUT2D eigenvalue weighted by Gasteiger charge is 2.50. The first-order chi connectivity index (χ1) is 16.9. The smallest absolute Gasteiger partial charge is 0.332 e. The van der Waals surface area contributed by atoms with Crippen molar-refractivity contribution in [3.63, 3.8) is 0 Å². The monoisotopic (exact) mass is 508 g/mol. The molecule has 7 nitrogen and oxygen atoms in total. The topological polar surface area (TPSA) is 86.5 Å². The third kappa shape index (κ3) is 3.89. The number of anilines is 1. The summed E-state index contributed by atoms with van der Waals surface area (Å²) in [4.78, 5) is 34.9. The summed E-state index contributed by atoms with van der Waals surface area (Å²) in [6.07, 6.45) is 5.04. The fourth-order valence-electron chi connectivity index (χ4n) is 4.36. The van der Waals surface area contributed by atoms with Gasteiger partial charge in [-0.15, -0.1) is 11.8 Å². The number of hydrogen-bond donors (Lipinski definition) is 0. The van der Waals surface area contributed by atoms with Gasteiger partial charge in [-0.25, -0.2) is 14.1 Å². The Morgan fingerprint density at radius 3 is 2.83 bits per heavy atom. The van der Waals surface area contributed by atoms with E-state index in [1.807, 2.05) is 24.3 Å². The van der Waals surface area contributed by atoms with Crippen molar-refractivity contribution in [1.29, 1.82) is 5.26 Å². The van der Waals surface area contributed by atoms with Crippen LogP contribution in [0.3, 0.4) is 0 Å². The molecule has 3 heterocycles. The molecule has 1 saturated heterocycles. The number of urea groups is 1. The molecule has 0 bridgehead atoms. The van der Waals surface area contributed by atoms with Crippen molar-refractivity contribution in [3.8, 4) is 11.8 Å². The van der Waals surface area contributed by atoms with E-state index in [0.717, 1.165) is 16.4 Å². The Kier molecular flexibility index (Phi) is 6.09. The lowest BCUT2D eigenvalue weighted by atomic mass is 10.0. The summed E-state index contributed by atoms with van der Waals surface area (Å²) in [6, 6.07) is 11.0. The molecule has 1 aromatic heterocycles. The number of fused-ring (bicyclic) bond motifs is 2. The first-order valence-corrected chi connectivity index (χ1v) is 12.0. The lowest BCUT2D eigenvalue weighted by Crippen LogP contribution is -2.62. The minimum absolute atomic E-state index is 0.0213. The van der Waals surface area contributed by atoms with E-state index in [2.05, 4.69) is 11.1 Å². The van der Waals surface area contributed by atoms with E-state index in [1.54, 1.807) is 12.3 Å². The number of benzene rings is 2. The highest BCUT2D eigenvalue weighted by Crippen LogP contribution is 2.48. The van der Waals surface area contributed by atoms with Crippen LogP contribution in [0.25, 0.3) is 15.7 Å². The number of nitrogens with zero attached hydrogens (tertiary/aromatic N) is 4. The van der Waals surface area contributed by atoms with Gasteiger partial charge in [0.15, 0.2) is 11.6 Å². The number of thioether (sulfide) groups is 1. The summed E-state index contributed by atoms with van der Waals surface area (Å²) in [7, 11) is 1.36. The molecule has 2 aromatic carbocycles. The molecular formula is C25H18ClFN4O3S. The molecule has 2 atom stereocenters. The zero-order chi connectivity index (χ0) is 24.7. The summed E-state index contributed by atoms with van der Waals surface area (Å²) in [5, 5.41) is 10.2. The number of rotatable bonds is 5. The van der Waals surface area contributed by atoms with E-state index in [4.69, 9.17) is 16.3 Å². The second-order valence-electron chi connectivity index (χ2n) is 7.96. The Hall–Kier alpha value is -3.61. The van der Waals surface area contributed by atoms with Gasteiger partial charge in [0.25, 0.3) is 5.91 Å². The van der Waals surface area contributed by atoms with Crippen LogP contribution in [-0.4, -0.2) is 46.8 Å². The number of nitriles is 1. The van der Waals surface area contributed by atoms with Crippen LogP contribution in [0, 0.1) is 17.1 Å². The van der Waals surface area contributed by atoms with E-state index < -0.39 is 29.0 Å². The van der Waals surface area contributed by atoms with Crippen LogP contribution in [0.4, 0.5) is 14.9 Å². The van der Waals surface area contributed by atoms with Gasteiger partial charge < -0.3 is 9.64 Å². The number of aromatic nitrogens is 1. The maximum absolute atomic E-state index is 14.1. The lowest BCUT2D eigenvalue weighted by molar-refractivity contribution is -0.119. The molecule has 0 saturated carbocycles. The molecule has 1 fully saturated rings. The number of halogens is 2. The zero-order valence-corrected chi connectivity index (χ0v) is 20.0. The highest BCUT2D eigenvalue weighted by atomic mass is 35.5. The predicted octanol–water partition coefficient (Wildman–Crippen LogP) is 5.24. The van der Waals surface area contributed by atoms with Gasteiger partial charge >= 0.3 is 6.03 Å². The molecule has 0 radical (unpaired) electrons. The summed E-state index contributed by atoms with van der Waals surface area (Å²) < 4.78 is 19.2. The number of amides is 3. The van der Waals surface area contributed by atoms with Gasteiger partial charge in [-0.1, -0.05) is 35.9 Å². The number of methoxy groups -OCH3 is 1. The Morgan fingerprint density at radius 2 is 2.06 bits per heavy atom. The number of ether oxygens (including phenoxy) is 1. The third-order valence-electron chi connectivity index (χ3n) is 6.01. The SMILES string of the molecule is COc1cc(C2=CC3C(S2)C(=O)N(c2cncc4ccccc24)C(=O)N3CCC#N)c(Cl)cc1F. The molecule has 3 amide bonds. The average Bonchev–Trinajstić information content (AvgIpc) is 3.29. The summed E-state index contributed by atoms with van der Waals surface area (Å²) >= 11 is 7.58. The van der Waals surface area contributed by atoms with Gasteiger partial charge in [-0.2, -0.15) is 5.26 Å². The molecule has 2 aliphatic heterocycles. The minimum atomic E-state index is -0.674. The van der Waals surface area contributed by atoms with Crippen molar-refractivity contribution >= 4 is 56.7 Å². The van der Waals surface area contributed by atoms with Crippen LogP contribution in [-0.2, 0) is 4.79 Å². The number of carbonyl (C=O) groups excluding carboxylic acids is 2. The first-order valence-electron chi connectivity index (χ1n) is 10.7. The van der Waals surface area contributed by atoms with Crippen LogP contribution in [0.5, 0.6) is 5.75 Å². The van der Waals surface area contributed by atoms with E-state index in [9.17, 15) is 19.2 Å². The predicted molar refractivity (Wildman–Crippen MR) is 133 cm³/mol. The zero-order valence-electron chi connectivity index (χ0n) is 18.4. The standard InChI is InChI=1S/C25H18ClFN4O3S/c1-34-21-9-16(17(26)10-18(21)27)22-11-19-23(35-22)24(32)31(25(33)30(19)8-4-7-28)20-13-29-12-14-5-2-3-6-15(14)20/h2-3,5-6,9-13,19,23H,4,8H2,1H3. The maximum Gasteiger partial charge on any atom is 0.332 e.